The Morgan fingerprint density at radius 1 is 1.04 bits per heavy atom. The Labute approximate surface area is 146 Å². The molecule has 4 aromatic rings. The molecule has 0 aliphatic heterocycles. The Morgan fingerprint density at radius 2 is 1.92 bits per heavy atom. The number of unbranched alkanes of at least 4 members (excludes halogenated alkanes) is 1. The number of aromatic nitrogens is 2. The van der Waals surface area contributed by atoms with Crippen LogP contribution in [0.1, 0.15) is 19.8 Å². The van der Waals surface area contributed by atoms with Gasteiger partial charge in [0, 0.05) is 46.8 Å². The molecule has 0 aliphatic carbocycles. The van der Waals surface area contributed by atoms with Crippen LogP contribution < -0.4 is 4.74 Å². The first-order chi connectivity index (χ1) is 12.2. The standard InChI is InChI=1S/C21H22N2O2/c1-3-4-11-25-18-7-5-16-14-23(21(24)19(16)13-18)17-6-8-20-15(12-17)9-10-22(20)2/h5-10,12-14,24H,3-4,11H2,1-2H3. The van der Waals surface area contributed by atoms with Crippen molar-refractivity contribution >= 4 is 21.7 Å². The minimum Gasteiger partial charge on any atom is -0.494 e. The maximum absolute atomic E-state index is 10.7. The first kappa shape index (κ1) is 15.6. The number of hydrogen-bond donors (Lipinski definition) is 1. The van der Waals surface area contributed by atoms with Gasteiger partial charge in [0.05, 0.1) is 6.61 Å². The number of aryl methyl sites for hydroxylation is 1. The van der Waals surface area contributed by atoms with E-state index in [1.165, 1.54) is 5.52 Å². The third kappa shape index (κ3) is 2.74. The highest BCUT2D eigenvalue weighted by molar-refractivity contribution is 5.90. The number of aromatic hydroxyl groups is 1. The summed E-state index contributed by atoms with van der Waals surface area (Å²) in [6.45, 7) is 2.84. The van der Waals surface area contributed by atoms with Gasteiger partial charge in [0.1, 0.15) is 5.75 Å². The van der Waals surface area contributed by atoms with Crippen molar-refractivity contribution in [3.8, 4) is 17.3 Å². The smallest absolute Gasteiger partial charge is 0.203 e. The van der Waals surface area contributed by atoms with Crippen molar-refractivity contribution < 1.29 is 9.84 Å². The highest BCUT2D eigenvalue weighted by Crippen LogP contribution is 2.33. The normalized spacial score (nSPS) is 11.4. The predicted octanol–water partition coefficient (Wildman–Crippen LogP) is 5.01. The molecule has 4 heteroatoms. The molecule has 4 nitrogen and oxygen atoms in total. The second kappa shape index (κ2) is 6.20. The number of rotatable bonds is 5. The zero-order valence-electron chi connectivity index (χ0n) is 14.6. The molecule has 25 heavy (non-hydrogen) atoms. The summed E-state index contributed by atoms with van der Waals surface area (Å²) < 4.78 is 9.68. The third-order valence-corrected chi connectivity index (χ3v) is 4.68. The molecule has 0 unspecified atom stereocenters. The Hall–Kier alpha value is -2.88. The van der Waals surface area contributed by atoms with E-state index in [1.807, 2.05) is 48.3 Å². The quantitative estimate of drug-likeness (QED) is 0.521. The summed E-state index contributed by atoms with van der Waals surface area (Å²) in [6, 6.07) is 14.1. The number of hydrogen-bond acceptors (Lipinski definition) is 2. The van der Waals surface area contributed by atoms with E-state index in [0.29, 0.717) is 6.61 Å². The van der Waals surface area contributed by atoms with Crippen LogP contribution in [-0.4, -0.2) is 20.8 Å². The fourth-order valence-electron chi connectivity index (χ4n) is 3.21. The van der Waals surface area contributed by atoms with E-state index >= 15 is 0 Å². The first-order valence-electron chi connectivity index (χ1n) is 8.69. The molecule has 0 saturated carbocycles. The first-order valence-corrected chi connectivity index (χ1v) is 8.69. The largest absolute Gasteiger partial charge is 0.494 e. The maximum atomic E-state index is 10.7. The summed E-state index contributed by atoms with van der Waals surface area (Å²) in [5, 5.41) is 13.7. The molecule has 4 rings (SSSR count). The highest BCUT2D eigenvalue weighted by Gasteiger charge is 2.12. The lowest BCUT2D eigenvalue weighted by Gasteiger charge is -2.06. The molecule has 0 spiro atoms. The molecular weight excluding hydrogens is 312 g/mol. The Balaban J connectivity index is 1.74. The maximum Gasteiger partial charge on any atom is 0.203 e. The molecule has 0 saturated heterocycles. The van der Waals surface area contributed by atoms with Crippen LogP contribution in [0.3, 0.4) is 0 Å². The number of fused-ring (bicyclic) bond motifs is 2. The average molecular weight is 334 g/mol. The number of benzene rings is 2. The van der Waals surface area contributed by atoms with Crippen LogP contribution in [0.4, 0.5) is 0 Å². The van der Waals surface area contributed by atoms with Crippen molar-refractivity contribution in [3.63, 3.8) is 0 Å². The highest BCUT2D eigenvalue weighted by atomic mass is 16.5. The molecule has 2 heterocycles. The van der Waals surface area contributed by atoms with Gasteiger partial charge in [0.25, 0.3) is 0 Å². The zero-order valence-corrected chi connectivity index (χ0v) is 14.6. The van der Waals surface area contributed by atoms with E-state index < -0.39 is 0 Å². The van der Waals surface area contributed by atoms with Crippen LogP contribution in [-0.2, 0) is 7.05 Å². The van der Waals surface area contributed by atoms with Crippen molar-refractivity contribution in [1.29, 1.82) is 0 Å². The molecule has 128 valence electrons. The zero-order chi connectivity index (χ0) is 17.4. The molecule has 0 amide bonds. The van der Waals surface area contributed by atoms with E-state index in [0.717, 1.165) is 40.4 Å². The van der Waals surface area contributed by atoms with Gasteiger partial charge in [0.15, 0.2) is 0 Å². The van der Waals surface area contributed by atoms with E-state index in [9.17, 15) is 5.11 Å². The molecule has 2 aromatic heterocycles. The lowest BCUT2D eigenvalue weighted by molar-refractivity contribution is 0.309. The van der Waals surface area contributed by atoms with Gasteiger partial charge in [-0.3, -0.25) is 4.57 Å². The average Bonchev–Trinajstić information content (AvgIpc) is 3.16. The van der Waals surface area contributed by atoms with Crippen LogP contribution in [0.2, 0.25) is 0 Å². The fourth-order valence-corrected chi connectivity index (χ4v) is 3.21. The summed E-state index contributed by atoms with van der Waals surface area (Å²) in [7, 11) is 2.03. The second-order valence-corrected chi connectivity index (χ2v) is 6.44. The molecular formula is C21H22N2O2. The van der Waals surface area contributed by atoms with E-state index in [-0.39, 0.29) is 5.88 Å². The Morgan fingerprint density at radius 3 is 2.76 bits per heavy atom. The number of nitrogens with zero attached hydrogens (tertiary/aromatic N) is 2. The van der Waals surface area contributed by atoms with Gasteiger partial charge in [-0.25, -0.2) is 0 Å². The second-order valence-electron chi connectivity index (χ2n) is 6.44. The minimum atomic E-state index is 0.242. The molecule has 0 radical (unpaired) electrons. The lowest BCUT2D eigenvalue weighted by Crippen LogP contribution is -1.95. The van der Waals surface area contributed by atoms with Crippen LogP contribution in [0.15, 0.2) is 54.9 Å². The topological polar surface area (TPSA) is 39.3 Å². The van der Waals surface area contributed by atoms with Gasteiger partial charge in [-0.15, -0.1) is 0 Å². The van der Waals surface area contributed by atoms with E-state index in [2.05, 4.69) is 29.7 Å². The molecule has 0 fully saturated rings. The molecule has 2 aromatic carbocycles. The summed E-state index contributed by atoms with van der Waals surface area (Å²) in [5.74, 6) is 1.04. The van der Waals surface area contributed by atoms with Gasteiger partial charge in [-0.1, -0.05) is 13.3 Å². The van der Waals surface area contributed by atoms with E-state index in [4.69, 9.17) is 4.74 Å². The summed E-state index contributed by atoms with van der Waals surface area (Å²) >= 11 is 0. The van der Waals surface area contributed by atoms with Crippen molar-refractivity contribution in [2.24, 2.45) is 7.05 Å². The van der Waals surface area contributed by atoms with Gasteiger partial charge in [-0.05, 0) is 48.9 Å². The summed E-state index contributed by atoms with van der Waals surface area (Å²) in [5.41, 5.74) is 2.12. The summed E-state index contributed by atoms with van der Waals surface area (Å²) in [6.07, 6.45) is 6.14. The molecule has 0 aliphatic rings. The van der Waals surface area contributed by atoms with Crippen LogP contribution in [0, 0.1) is 0 Å². The molecule has 0 bridgehead atoms. The predicted molar refractivity (Wildman–Crippen MR) is 102 cm³/mol. The van der Waals surface area contributed by atoms with Crippen LogP contribution in [0.5, 0.6) is 11.6 Å². The van der Waals surface area contributed by atoms with Crippen LogP contribution in [0.25, 0.3) is 27.4 Å². The van der Waals surface area contributed by atoms with Gasteiger partial charge >= 0.3 is 0 Å². The van der Waals surface area contributed by atoms with Crippen molar-refractivity contribution in [2.45, 2.75) is 19.8 Å². The Bertz CT molecular complexity index is 1040. The molecule has 1 N–H and O–H groups in total. The van der Waals surface area contributed by atoms with Gasteiger partial charge < -0.3 is 14.4 Å². The SMILES string of the molecule is CCCCOc1ccc2cn(-c3ccc4c(ccn4C)c3)c(O)c2c1. The van der Waals surface area contributed by atoms with Gasteiger partial charge in [0.2, 0.25) is 5.88 Å². The summed E-state index contributed by atoms with van der Waals surface area (Å²) in [4.78, 5) is 0. The van der Waals surface area contributed by atoms with Crippen LogP contribution >= 0.6 is 0 Å². The van der Waals surface area contributed by atoms with Crippen molar-refractivity contribution in [2.75, 3.05) is 6.61 Å². The van der Waals surface area contributed by atoms with E-state index in [1.54, 1.807) is 0 Å². The minimum absolute atomic E-state index is 0.242. The number of ether oxygens (including phenoxy) is 1. The van der Waals surface area contributed by atoms with Crippen molar-refractivity contribution in [1.82, 2.24) is 9.13 Å². The monoisotopic (exact) mass is 334 g/mol. The van der Waals surface area contributed by atoms with Crippen molar-refractivity contribution in [3.05, 3.63) is 54.9 Å². The Kier molecular flexibility index (Phi) is 3.88. The van der Waals surface area contributed by atoms with Gasteiger partial charge in [-0.2, -0.15) is 0 Å². The lowest BCUT2D eigenvalue weighted by atomic mass is 10.2. The fraction of sp³-hybridized carbons (Fsp3) is 0.238. The molecule has 0 atom stereocenters. The third-order valence-electron chi connectivity index (χ3n) is 4.68.